The van der Waals surface area contributed by atoms with Crippen LogP contribution in [-0.4, -0.2) is 48.9 Å². The van der Waals surface area contributed by atoms with Gasteiger partial charge in [0.1, 0.15) is 6.10 Å². The quantitative estimate of drug-likeness (QED) is 0.0515. The number of aliphatic hydroxyl groups excluding tert-OH is 1. The lowest BCUT2D eigenvalue weighted by Crippen LogP contribution is -2.39. The van der Waals surface area contributed by atoms with E-state index in [4.69, 9.17) is 9.47 Å². The number of carbonyl (C=O) groups excluding carboxylic acids is 2. The van der Waals surface area contributed by atoms with Gasteiger partial charge in [-0.05, 0) is 32.1 Å². The minimum atomic E-state index is -0.188. The van der Waals surface area contributed by atoms with E-state index in [2.05, 4.69) is 26.1 Å². The Balaban J connectivity index is 4.26. The number of esters is 1. The number of nitrogens with one attached hydrogen (secondary N) is 1. The first-order valence-electron chi connectivity index (χ1n) is 20.2. The third-order valence-electron chi connectivity index (χ3n) is 9.17. The molecule has 0 fully saturated rings. The molecule has 0 bridgehead atoms. The van der Waals surface area contributed by atoms with Gasteiger partial charge in [0.15, 0.2) is 0 Å². The van der Waals surface area contributed by atoms with Gasteiger partial charge in [-0.3, -0.25) is 9.59 Å². The van der Waals surface area contributed by atoms with Gasteiger partial charge >= 0.3 is 5.97 Å². The number of rotatable bonds is 37. The average Bonchev–Trinajstić information content (AvgIpc) is 3.04. The molecule has 0 unspecified atom stereocenters. The Morgan fingerprint density at radius 3 is 1.46 bits per heavy atom. The minimum Gasteiger partial charge on any atom is -0.462 e. The summed E-state index contributed by atoms with van der Waals surface area (Å²) in [5, 5.41) is 12.6. The van der Waals surface area contributed by atoms with Gasteiger partial charge in [-0.25, -0.2) is 0 Å². The second kappa shape index (κ2) is 36.7. The van der Waals surface area contributed by atoms with Gasteiger partial charge in [0.2, 0.25) is 5.91 Å². The van der Waals surface area contributed by atoms with Crippen molar-refractivity contribution >= 4 is 11.9 Å². The molecule has 2 N–H and O–H groups in total. The largest absolute Gasteiger partial charge is 0.462 e. The average molecular weight is 654 g/mol. The molecule has 0 heterocycles. The Morgan fingerprint density at radius 2 is 0.978 bits per heavy atom. The molecule has 0 saturated carbocycles. The smallest absolute Gasteiger partial charge is 0.306 e. The van der Waals surface area contributed by atoms with Crippen LogP contribution in [-0.2, 0) is 19.1 Å². The lowest BCUT2D eigenvalue weighted by atomic mass is 10.1. The zero-order valence-electron chi connectivity index (χ0n) is 31.1. The molecule has 0 spiro atoms. The van der Waals surface area contributed by atoms with Crippen LogP contribution in [0.15, 0.2) is 0 Å². The summed E-state index contributed by atoms with van der Waals surface area (Å²) >= 11 is 0. The fraction of sp³-hybridized carbons (Fsp3) is 0.950. The van der Waals surface area contributed by atoms with E-state index in [1.54, 1.807) is 0 Å². The van der Waals surface area contributed by atoms with Crippen LogP contribution in [0.5, 0.6) is 0 Å². The number of ether oxygens (including phenoxy) is 2. The fourth-order valence-electron chi connectivity index (χ4n) is 6.11. The molecule has 0 rings (SSSR count). The standard InChI is InChI=1S/C40H79NO5/c1-4-7-10-13-15-17-18-20-21-24-27-30-39(43)41-37(32-34-42)36-45-35-33-38(29-26-23-12-9-6-3)46-40(44)31-28-25-22-19-16-14-11-8-5-2/h37-38,42H,4-36H2,1-3H3,(H,41,43)/t37-,38+/m0/s1. The second-order valence-electron chi connectivity index (χ2n) is 13.8. The van der Waals surface area contributed by atoms with Crippen LogP contribution in [0, 0.1) is 0 Å². The molecule has 6 heteroatoms. The summed E-state index contributed by atoms with van der Waals surface area (Å²) in [5.74, 6) is -0.0253. The molecule has 0 aromatic heterocycles. The zero-order valence-corrected chi connectivity index (χ0v) is 31.1. The number of carbonyl (C=O) groups is 2. The molecule has 274 valence electrons. The van der Waals surface area contributed by atoms with Crippen molar-refractivity contribution in [1.82, 2.24) is 5.32 Å². The van der Waals surface area contributed by atoms with Crippen molar-refractivity contribution in [3.05, 3.63) is 0 Å². The van der Waals surface area contributed by atoms with E-state index in [0.717, 1.165) is 38.5 Å². The highest BCUT2D eigenvalue weighted by atomic mass is 16.5. The van der Waals surface area contributed by atoms with Crippen molar-refractivity contribution < 1.29 is 24.2 Å². The van der Waals surface area contributed by atoms with Crippen LogP contribution in [0.3, 0.4) is 0 Å². The number of hydrogen-bond acceptors (Lipinski definition) is 5. The Labute approximate surface area is 286 Å². The van der Waals surface area contributed by atoms with E-state index in [-0.39, 0.29) is 30.6 Å². The lowest BCUT2D eigenvalue weighted by Gasteiger charge is -2.21. The first-order chi connectivity index (χ1) is 22.6. The highest BCUT2D eigenvalue weighted by Gasteiger charge is 2.16. The van der Waals surface area contributed by atoms with E-state index in [9.17, 15) is 14.7 Å². The van der Waals surface area contributed by atoms with Gasteiger partial charge in [-0.2, -0.15) is 0 Å². The maximum absolute atomic E-state index is 12.6. The summed E-state index contributed by atoms with van der Waals surface area (Å²) in [7, 11) is 0. The summed E-state index contributed by atoms with van der Waals surface area (Å²) in [6.45, 7) is 7.61. The monoisotopic (exact) mass is 654 g/mol. The summed E-state index contributed by atoms with van der Waals surface area (Å²) < 4.78 is 11.9. The Kier molecular flexibility index (Phi) is 35.8. The van der Waals surface area contributed by atoms with Crippen LogP contribution in [0.25, 0.3) is 0 Å². The van der Waals surface area contributed by atoms with Crippen molar-refractivity contribution in [3.8, 4) is 0 Å². The molecular weight excluding hydrogens is 574 g/mol. The van der Waals surface area contributed by atoms with Crippen LogP contribution in [0.2, 0.25) is 0 Å². The molecule has 0 aliphatic carbocycles. The molecule has 0 saturated heterocycles. The second-order valence-corrected chi connectivity index (χ2v) is 13.8. The van der Waals surface area contributed by atoms with Crippen LogP contribution in [0.1, 0.15) is 213 Å². The highest BCUT2D eigenvalue weighted by molar-refractivity contribution is 5.76. The Hall–Kier alpha value is -1.14. The van der Waals surface area contributed by atoms with E-state index >= 15 is 0 Å². The molecule has 0 aromatic carbocycles. The maximum Gasteiger partial charge on any atom is 0.306 e. The predicted molar refractivity (Wildman–Crippen MR) is 195 cm³/mol. The summed E-state index contributed by atoms with van der Waals surface area (Å²) in [4.78, 5) is 25.2. The topological polar surface area (TPSA) is 84.9 Å². The highest BCUT2D eigenvalue weighted by Crippen LogP contribution is 2.16. The summed E-state index contributed by atoms with van der Waals surface area (Å²) in [6, 6.07) is -0.188. The predicted octanol–water partition coefficient (Wildman–Crippen LogP) is 11.2. The van der Waals surface area contributed by atoms with Crippen molar-refractivity contribution in [2.75, 3.05) is 19.8 Å². The number of aliphatic hydroxyl groups is 1. The van der Waals surface area contributed by atoms with Gasteiger partial charge in [0, 0.05) is 25.9 Å². The molecule has 46 heavy (non-hydrogen) atoms. The van der Waals surface area contributed by atoms with E-state index in [1.165, 1.54) is 128 Å². The van der Waals surface area contributed by atoms with E-state index in [0.29, 0.717) is 38.9 Å². The minimum absolute atomic E-state index is 0.0175. The first kappa shape index (κ1) is 44.9. The molecular formula is C40H79NO5. The summed E-state index contributed by atoms with van der Waals surface area (Å²) in [6.07, 6.45) is 34.0. The Bertz CT molecular complexity index is 643. The molecule has 0 aromatic rings. The van der Waals surface area contributed by atoms with Gasteiger partial charge < -0.3 is 19.9 Å². The molecule has 0 aliphatic rings. The first-order valence-corrected chi connectivity index (χ1v) is 20.2. The summed E-state index contributed by atoms with van der Waals surface area (Å²) in [5.41, 5.74) is 0. The van der Waals surface area contributed by atoms with Gasteiger partial charge in [-0.1, -0.05) is 162 Å². The maximum atomic E-state index is 12.6. The number of hydrogen-bond donors (Lipinski definition) is 2. The van der Waals surface area contributed by atoms with Crippen molar-refractivity contribution in [3.63, 3.8) is 0 Å². The lowest BCUT2D eigenvalue weighted by molar-refractivity contribution is -0.150. The SMILES string of the molecule is CCCCCCCCCCCCCC(=O)N[C@@H](CCO)COCC[C@@H](CCCCCCC)OC(=O)CCCCCCCCCCC. The number of amides is 1. The van der Waals surface area contributed by atoms with Gasteiger partial charge in [-0.15, -0.1) is 0 Å². The van der Waals surface area contributed by atoms with Crippen molar-refractivity contribution in [2.24, 2.45) is 0 Å². The molecule has 0 radical (unpaired) electrons. The third kappa shape index (κ3) is 32.8. The van der Waals surface area contributed by atoms with Gasteiger partial charge in [0.25, 0.3) is 0 Å². The molecule has 1 amide bonds. The molecule has 6 nitrogen and oxygen atoms in total. The molecule has 2 atom stereocenters. The van der Waals surface area contributed by atoms with Gasteiger partial charge in [0.05, 0.1) is 19.3 Å². The zero-order chi connectivity index (χ0) is 33.8. The van der Waals surface area contributed by atoms with E-state index < -0.39 is 0 Å². The molecule has 0 aliphatic heterocycles. The Morgan fingerprint density at radius 1 is 0.543 bits per heavy atom. The third-order valence-corrected chi connectivity index (χ3v) is 9.17. The van der Waals surface area contributed by atoms with E-state index in [1.807, 2.05) is 0 Å². The van der Waals surface area contributed by atoms with Crippen molar-refractivity contribution in [1.29, 1.82) is 0 Å². The van der Waals surface area contributed by atoms with Crippen LogP contribution in [0.4, 0.5) is 0 Å². The van der Waals surface area contributed by atoms with Crippen LogP contribution < -0.4 is 5.32 Å². The normalized spacial score (nSPS) is 12.7. The number of unbranched alkanes of at least 4 members (excludes halogenated alkanes) is 22. The fourth-order valence-corrected chi connectivity index (χ4v) is 6.11. The van der Waals surface area contributed by atoms with Crippen molar-refractivity contribution in [2.45, 2.75) is 226 Å². The van der Waals surface area contributed by atoms with Crippen LogP contribution >= 0.6 is 0 Å².